The second-order valence-corrected chi connectivity index (χ2v) is 8.83. The molecule has 2 heterocycles. The van der Waals surface area contributed by atoms with E-state index in [2.05, 4.69) is 0 Å². The van der Waals surface area contributed by atoms with Crippen LogP contribution < -0.4 is 0 Å². The average molecular weight is 579 g/mol. The highest BCUT2D eigenvalue weighted by atomic mass is 16.8. The van der Waals surface area contributed by atoms with Crippen molar-refractivity contribution in [2.75, 3.05) is 20.3 Å². The molecule has 0 amide bonds. The maximum atomic E-state index is 11.9. The summed E-state index contributed by atoms with van der Waals surface area (Å²) in [4.78, 5) is 70.8. The third-order valence-corrected chi connectivity index (χ3v) is 5.46. The fraction of sp³-hybridized carbons (Fsp3) is 0.750. The fourth-order valence-electron chi connectivity index (χ4n) is 4.22. The maximum absolute atomic E-state index is 11.9. The lowest BCUT2D eigenvalue weighted by atomic mass is 9.98. The molecule has 0 saturated carbocycles. The van der Waals surface area contributed by atoms with Crippen LogP contribution in [0.1, 0.15) is 41.5 Å². The molecule has 2 rings (SSSR count). The predicted octanol–water partition coefficient (Wildman–Crippen LogP) is -0.679. The number of carbonyl (C=O) groups excluding carboxylic acids is 6. The Morgan fingerprint density at radius 3 is 1.48 bits per heavy atom. The predicted molar refractivity (Wildman–Crippen MR) is 125 cm³/mol. The standard InChI is InChI=1S/C24H34O16/c1-10(25)34-16-8-32-24(21(38-14(5)29)19(16)36-12(3)27)33-9-17-18(35-11(2)26)20(37-13(4)28)22(39-15(6)30)23(31-7)40-17/h16-24H,8-9H2,1-7H3/t16-,17+,18-,19-,20+,21-,22+,23-,24+/m1/s1. The van der Waals surface area contributed by atoms with Gasteiger partial charge in [-0.25, -0.2) is 0 Å². The molecule has 0 unspecified atom stereocenters. The molecule has 2 aliphatic rings. The van der Waals surface area contributed by atoms with Gasteiger partial charge in [0.05, 0.1) is 13.2 Å². The van der Waals surface area contributed by atoms with Crippen LogP contribution in [0.25, 0.3) is 0 Å². The molecule has 2 fully saturated rings. The number of methoxy groups -OCH3 is 1. The van der Waals surface area contributed by atoms with Gasteiger partial charge in [-0.05, 0) is 0 Å². The van der Waals surface area contributed by atoms with E-state index in [1.54, 1.807) is 0 Å². The van der Waals surface area contributed by atoms with E-state index in [9.17, 15) is 28.8 Å². The van der Waals surface area contributed by atoms with E-state index in [0.717, 1.165) is 41.5 Å². The van der Waals surface area contributed by atoms with E-state index < -0.39 is 97.7 Å². The summed E-state index contributed by atoms with van der Waals surface area (Å²) in [5, 5.41) is 0. The zero-order valence-electron chi connectivity index (χ0n) is 23.1. The number of ether oxygens (including phenoxy) is 10. The minimum absolute atomic E-state index is 0.301. The summed E-state index contributed by atoms with van der Waals surface area (Å²) in [6.45, 7) is 5.92. The van der Waals surface area contributed by atoms with Crippen molar-refractivity contribution in [2.24, 2.45) is 0 Å². The molecular weight excluding hydrogens is 544 g/mol. The highest BCUT2D eigenvalue weighted by Crippen LogP contribution is 2.31. The van der Waals surface area contributed by atoms with Gasteiger partial charge in [0, 0.05) is 48.7 Å². The molecule has 226 valence electrons. The van der Waals surface area contributed by atoms with Gasteiger partial charge in [-0.15, -0.1) is 0 Å². The number of hydrogen-bond acceptors (Lipinski definition) is 16. The van der Waals surface area contributed by atoms with Crippen LogP contribution in [0.2, 0.25) is 0 Å². The molecule has 0 aliphatic carbocycles. The van der Waals surface area contributed by atoms with Crippen LogP contribution in [0.15, 0.2) is 0 Å². The van der Waals surface area contributed by atoms with Gasteiger partial charge >= 0.3 is 35.8 Å². The molecule has 0 aromatic rings. The fourth-order valence-corrected chi connectivity index (χ4v) is 4.22. The average Bonchev–Trinajstić information content (AvgIpc) is 2.81. The molecule has 0 spiro atoms. The van der Waals surface area contributed by atoms with Crippen LogP contribution in [0, 0.1) is 0 Å². The van der Waals surface area contributed by atoms with Crippen molar-refractivity contribution in [3.05, 3.63) is 0 Å². The van der Waals surface area contributed by atoms with E-state index in [4.69, 9.17) is 47.4 Å². The second kappa shape index (κ2) is 14.9. The van der Waals surface area contributed by atoms with Crippen LogP contribution in [0.5, 0.6) is 0 Å². The molecule has 16 heteroatoms. The van der Waals surface area contributed by atoms with Crippen molar-refractivity contribution in [3.63, 3.8) is 0 Å². The smallest absolute Gasteiger partial charge is 0.303 e. The Kier molecular flexibility index (Phi) is 12.2. The minimum atomic E-state index is -1.40. The number of rotatable bonds is 10. The lowest BCUT2D eigenvalue weighted by molar-refractivity contribution is -0.321. The van der Waals surface area contributed by atoms with E-state index in [-0.39, 0.29) is 6.61 Å². The van der Waals surface area contributed by atoms with Crippen LogP contribution in [0.4, 0.5) is 0 Å². The summed E-state index contributed by atoms with van der Waals surface area (Å²) < 4.78 is 54.3. The zero-order valence-corrected chi connectivity index (χ0v) is 23.1. The van der Waals surface area contributed by atoms with Crippen molar-refractivity contribution in [1.29, 1.82) is 0 Å². The molecule has 0 aromatic carbocycles. The third kappa shape index (κ3) is 9.39. The van der Waals surface area contributed by atoms with E-state index in [1.165, 1.54) is 7.11 Å². The highest BCUT2D eigenvalue weighted by molar-refractivity contribution is 5.69. The van der Waals surface area contributed by atoms with Crippen molar-refractivity contribution in [3.8, 4) is 0 Å². The number of hydrogen-bond donors (Lipinski definition) is 0. The van der Waals surface area contributed by atoms with E-state index >= 15 is 0 Å². The van der Waals surface area contributed by atoms with Crippen molar-refractivity contribution < 1.29 is 76.1 Å². The minimum Gasteiger partial charge on any atom is -0.456 e. The topological polar surface area (TPSA) is 195 Å². The summed E-state index contributed by atoms with van der Waals surface area (Å²) in [6, 6.07) is 0. The van der Waals surface area contributed by atoms with Gasteiger partial charge in [0.1, 0.15) is 6.10 Å². The molecule has 2 saturated heterocycles. The molecule has 0 N–H and O–H groups in total. The Hall–Kier alpha value is -3.34. The first-order valence-corrected chi connectivity index (χ1v) is 12.2. The zero-order chi connectivity index (χ0) is 30.1. The van der Waals surface area contributed by atoms with Crippen LogP contribution in [0.3, 0.4) is 0 Å². The molecule has 0 bridgehead atoms. The first-order chi connectivity index (χ1) is 18.7. The third-order valence-electron chi connectivity index (χ3n) is 5.46. The first kappa shape index (κ1) is 32.9. The SMILES string of the molecule is CO[C@@H]1O[C@@H](CO[C@@H]2OC[C@@H](OC(C)=O)[C@@H](OC(C)=O)[C@H]2OC(C)=O)[C@@H](OC(C)=O)[C@H](OC(C)=O)[C@@H]1OC(C)=O. The van der Waals surface area contributed by atoms with Gasteiger partial charge in [0.2, 0.25) is 0 Å². The molecule has 40 heavy (non-hydrogen) atoms. The molecular formula is C24H34O16. The highest BCUT2D eigenvalue weighted by Gasteiger charge is 2.53. The molecule has 0 radical (unpaired) electrons. The summed E-state index contributed by atoms with van der Waals surface area (Å²) in [5.74, 6) is -4.54. The lowest BCUT2D eigenvalue weighted by Gasteiger charge is -2.45. The van der Waals surface area contributed by atoms with E-state index in [0.29, 0.717) is 0 Å². The summed E-state index contributed by atoms with van der Waals surface area (Å²) in [7, 11) is 1.25. The summed E-state index contributed by atoms with van der Waals surface area (Å²) >= 11 is 0. The van der Waals surface area contributed by atoms with Gasteiger partial charge < -0.3 is 47.4 Å². The Morgan fingerprint density at radius 1 is 0.575 bits per heavy atom. The van der Waals surface area contributed by atoms with Gasteiger partial charge in [-0.2, -0.15) is 0 Å². The van der Waals surface area contributed by atoms with Crippen LogP contribution >= 0.6 is 0 Å². The maximum Gasteiger partial charge on any atom is 0.303 e. The molecule has 2 aliphatic heterocycles. The van der Waals surface area contributed by atoms with Crippen molar-refractivity contribution >= 4 is 35.8 Å². The summed E-state index contributed by atoms with van der Waals surface area (Å²) in [5.41, 5.74) is 0. The normalized spacial score (nSPS) is 31.7. The number of esters is 6. The first-order valence-electron chi connectivity index (χ1n) is 12.2. The van der Waals surface area contributed by atoms with Gasteiger partial charge in [-0.3, -0.25) is 28.8 Å². The van der Waals surface area contributed by atoms with E-state index in [1.807, 2.05) is 0 Å². The monoisotopic (exact) mass is 578 g/mol. The Labute approximate surface area is 229 Å². The Balaban J connectivity index is 2.36. The number of carbonyl (C=O) groups is 6. The second-order valence-electron chi connectivity index (χ2n) is 8.83. The Morgan fingerprint density at radius 2 is 1.00 bits per heavy atom. The largest absolute Gasteiger partial charge is 0.456 e. The molecule has 9 atom stereocenters. The van der Waals surface area contributed by atoms with Crippen LogP contribution in [-0.4, -0.2) is 111 Å². The lowest BCUT2D eigenvalue weighted by Crippen LogP contribution is -2.63. The van der Waals surface area contributed by atoms with Crippen LogP contribution in [-0.2, 0) is 76.1 Å². The summed E-state index contributed by atoms with van der Waals surface area (Å²) in [6.07, 6.45) is -11.7. The quantitative estimate of drug-likeness (QED) is 0.233. The van der Waals surface area contributed by atoms with Gasteiger partial charge in [-0.1, -0.05) is 0 Å². The van der Waals surface area contributed by atoms with Gasteiger partial charge in [0.15, 0.2) is 49.2 Å². The van der Waals surface area contributed by atoms with Crippen molar-refractivity contribution in [2.45, 2.75) is 96.9 Å². The van der Waals surface area contributed by atoms with Gasteiger partial charge in [0.25, 0.3) is 0 Å². The molecule has 16 nitrogen and oxygen atoms in total. The molecule has 0 aromatic heterocycles. The van der Waals surface area contributed by atoms with Crippen molar-refractivity contribution in [1.82, 2.24) is 0 Å². The Bertz CT molecular complexity index is 949.